The third-order valence-electron chi connectivity index (χ3n) is 4.45. The number of halogens is 1. The molecule has 2 N–H and O–H groups in total. The summed E-state index contributed by atoms with van der Waals surface area (Å²) in [6.45, 7) is 5.75. The molecule has 0 radical (unpaired) electrons. The van der Waals surface area contributed by atoms with E-state index in [1.54, 1.807) is 13.4 Å². The molecule has 0 bridgehead atoms. The summed E-state index contributed by atoms with van der Waals surface area (Å²) in [5.74, 6) is 2.00. The number of nitrogens with zero attached hydrogens (tertiary/aromatic N) is 2. The summed E-state index contributed by atoms with van der Waals surface area (Å²) in [5.41, 5.74) is 0. The van der Waals surface area contributed by atoms with E-state index in [1.165, 1.54) is 0 Å². The van der Waals surface area contributed by atoms with Gasteiger partial charge in [-0.05, 0) is 31.4 Å². The Balaban J connectivity index is 0.00000364. The molecule has 1 aromatic heterocycles. The van der Waals surface area contributed by atoms with Crippen LogP contribution in [0.4, 0.5) is 0 Å². The van der Waals surface area contributed by atoms with Gasteiger partial charge in [0.1, 0.15) is 5.76 Å². The van der Waals surface area contributed by atoms with Crippen LogP contribution in [0.3, 0.4) is 0 Å². The Kier molecular flexibility index (Phi) is 12.2. The smallest absolute Gasteiger partial charge is 0.224 e. The number of furan rings is 1. The van der Waals surface area contributed by atoms with Crippen molar-refractivity contribution in [2.45, 2.75) is 45.1 Å². The van der Waals surface area contributed by atoms with Crippen molar-refractivity contribution >= 4 is 35.8 Å². The molecule has 0 saturated carbocycles. The lowest BCUT2D eigenvalue weighted by Crippen LogP contribution is -2.50. The number of likely N-dealkylation sites (tertiary alicyclic amines) is 1. The van der Waals surface area contributed by atoms with Gasteiger partial charge in [0.2, 0.25) is 5.91 Å². The monoisotopic (exact) mass is 492 g/mol. The van der Waals surface area contributed by atoms with Crippen LogP contribution in [-0.4, -0.2) is 62.7 Å². The molecule has 0 aliphatic carbocycles. The molecule has 1 fully saturated rings. The van der Waals surface area contributed by atoms with Crippen molar-refractivity contribution in [2.24, 2.45) is 4.99 Å². The first-order valence-corrected chi connectivity index (χ1v) is 9.57. The standard InChI is InChI=1S/C19H32N4O3.HI/c1-3-10-20-19(21-11-6-17-5-4-14-26-17)22-16-7-12-23(13-8-16)18(24)9-15-25-2;/h4-5,14,16H,3,6-13,15H2,1-2H3,(H2,20,21,22);1H. The van der Waals surface area contributed by atoms with Crippen LogP contribution in [0.15, 0.2) is 27.8 Å². The molecule has 27 heavy (non-hydrogen) atoms. The summed E-state index contributed by atoms with van der Waals surface area (Å²) in [6.07, 6.45) is 5.87. The van der Waals surface area contributed by atoms with Gasteiger partial charge in [0.25, 0.3) is 0 Å². The molecule has 1 aromatic rings. The molecular weight excluding hydrogens is 459 g/mol. The fourth-order valence-electron chi connectivity index (χ4n) is 2.95. The first-order chi connectivity index (χ1) is 12.7. The van der Waals surface area contributed by atoms with Gasteiger partial charge in [0.05, 0.1) is 19.3 Å². The van der Waals surface area contributed by atoms with E-state index >= 15 is 0 Å². The van der Waals surface area contributed by atoms with Crippen LogP contribution in [0.2, 0.25) is 0 Å². The van der Waals surface area contributed by atoms with Crippen LogP contribution in [0.5, 0.6) is 0 Å². The molecule has 8 heteroatoms. The molecule has 1 aliphatic heterocycles. The summed E-state index contributed by atoms with van der Waals surface area (Å²) >= 11 is 0. The fourth-order valence-corrected chi connectivity index (χ4v) is 2.95. The maximum atomic E-state index is 12.1. The Morgan fingerprint density at radius 1 is 1.41 bits per heavy atom. The summed E-state index contributed by atoms with van der Waals surface area (Å²) in [4.78, 5) is 18.6. The van der Waals surface area contributed by atoms with Gasteiger partial charge < -0.3 is 24.7 Å². The Bertz CT molecular complexity index is 543. The van der Waals surface area contributed by atoms with Crippen molar-refractivity contribution in [3.63, 3.8) is 0 Å². The largest absolute Gasteiger partial charge is 0.469 e. The number of aliphatic imine (C=N–C) groups is 1. The predicted molar refractivity (Wildman–Crippen MR) is 118 cm³/mol. The second-order valence-electron chi connectivity index (χ2n) is 6.53. The number of piperidine rings is 1. The molecule has 7 nitrogen and oxygen atoms in total. The summed E-state index contributed by atoms with van der Waals surface area (Å²) in [6, 6.07) is 4.23. The number of methoxy groups -OCH3 is 1. The number of ether oxygens (including phenoxy) is 1. The van der Waals surface area contributed by atoms with Gasteiger partial charge in [0.15, 0.2) is 5.96 Å². The van der Waals surface area contributed by atoms with E-state index in [0.29, 0.717) is 19.1 Å². The second kappa shape index (κ2) is 13.8. The van der Waals surface area contributed by atoms with Gasteiger partial charge >= 0.3 is 0 Å². The highest BCUT2D eigenvalue weighted by molar-refractivity contribution is 14.0. The quantitative estimate of drug-likeness (QED) is 0.315. The number of hydrogen-bond acceptors (Lipinski definition) is 4. The van der Waals surface area contributed by atoms with Crippen molar-refractivity contribution in [1.82, 2.24) is 15.5 Å². The topological polar surface area (TPSA) is 79.1 Å². The van der Waals surface area contributed by atoms with Gasteiger partial charge in [-0.1, -0.05) is 6.92 Å². The average molecular weight is 492 g/mol. The second-order valence-corrected chi connectivity index (χ2v) is 6.53. The normalized spacial score (nSPS) is 15.3. The van der Waals surface area contributed by atoms with Crippen LogP contribution in [0, 0.1) is 0 Å². The van der Waals surface area contributed by atoms with Crippen LogP contribution in [0.1, 0.15) is 38.4 Å². The van der Waals surface area contributed by atoms with Crippen LogP contribution < -0.4 is 10.6 Å². The highest BCUT2D eigenvalue weighted by Crippen LogP contribution is 2.11. The van der Waals surface area contributed by atoms with Gasteiger partial charge in [-0.3, -0.25) is 9.79 Å². The van der Waals surface area contributed by atoms with Crippen molar-refractivity contribution in [3.05, 3.63) is 24.2 Å². The number of amides is 1. The number of carbonyl (C=O) groups is 1. The zero-order valence-electron chi connectivity index (χ0n) is 16.4. The van der Waals surface area contributed by atoms with E-state index < -0.39 is 0 Å². The fraction of sp³-hybridized carbons (Fsp3) is 0.684. The van der Waals surface area contributed by atoms with E-state index in [0.717, 1.165) is 63.6 Å². The lowest BCUT2D eigenvalue weighted by Gasteiger charge is -2.33. The minimum absolute atomic E-state index is 0. The number of guanidine groups is 1. The van der Waals surface area contributed by atoms with Crippen LogP contribution in [-0.2, 0) is 16.0 Å². The van der Waals surface area contributed by atoms with E-state index in [1.807, 2.05) is 17.0 Å². The predicted octanol–water partition coefficient (Wildman–Crippen LogP) is 2.41. The van der Waals surface area contributed by atoms with E-state index in [2.05, 4.69) is 22.5 Å². The first-order valence-electron chi connectivity index (χ1n) is 9.57. The molecule has 154 valence electrons. The Morgan fingerprint density at radius 2 is 2.19 bits per heavy atom. The molecule has 0 spiro atoms. The minimum Gasteiger partial charge on any atom is -0.469 e. The van der Waals surface area contributed by atoms with Gasteiger partial charge in [0, 0.05) is 45.8 Å². The molecule has 1 saturated heterocycles. The Hall–Kier alpha value is -1.29. The van der Waals surface area contributed by atoms with Crippen molar-refractivity contribution in [2.75, 3.05) is 39.9 Å². The van der Waals surface area contributed by atoms with Gasteiger partial charge in [-0.15, -0.1) is 24.0 Å². The SMILES string of the molecule is CCCN=C(NCCc1ccco1)NC1CCN(C(=O)CCOC)CC1.I. The third-order valence-corrected chi connectivity index (χ3v) is 4.45. The molecule has 1 amide bonds. The van der Waals surface area contributed by atoms with Crippen molar-refractivity contribution in [3.8, 4) is 0 Å². The minimum atomic E-state index is 0. The van der Waals surface area contributed by atoms with Crippen LogP contribution >= 0.6 is 24.0 Å². The Labute approximate surface area is 179 Å². The average Bonchev–Trinajstić information content (AvgIpc) is 3.18. The maximum Gasteiger partial charge on any atom is 0.224 e. The molecule has 1 aliphatic rings. The van der Waals surface area contributed by atoms with Crippen LogP contribution in [0.25, 0.3) is 0 Å². The molecule has 0 atom stereocenters. The Morgan fingerprint density at radius 3 is 2.81 bits per heavy atom. The third kappa shape index (κ3) is 8.96. The zero-order valence-corrected chi connectivity index (χ0v) is 18.7. The highest BCUT2D eigenvalue weighted by atomic mass is 127. The van der Waals surface area contributed by atoms with E-state index in [4.69, 9.17) is 9.15 Å². The number of rotatable bonds is 9. The number of carbonyl (C=O) groups excluding carboxylic acids is 1. The molecule has 2 heterocycles. The molecule has 0 aromatic carbocycles. The summed E-state index contributed by atoms with van der Waals surface area (Å²) in [7, 11) is 1.62. The highest BCUT2D eigenvalue weighted by Gasteiger charge is 2.23. The lowest BCUT2D eigenvalue weighted by molar-refractivity contribution is -0.133. The van der Waals surface area contributed by atoms with Gasteiger partial charge in [-0.2, -0.15) is 0 Å². The van der Waals surface area contributed by atoms with Crippen molar-refractivity contribution in [1.29, 1.82) is 0 Å². The molecule has 2 rings (SSSR count). The number of hydrogen-bond donors (Lipinski definition) is 2. The molecule has 0 unspecified atom stereocenters. The van der Waals surface area contributed by atoms with E-state index in [-0.39, 0.29) is 29.9 Å². The van der Waals surface area contributed by atoms with E-state index in [9.17, 15) is 4.79 Å². The van der Waals surface area contributed by atoms with Crippen molar-refractivity contribution < 1.29 is 13.9 Å². The van der Waals surface area contributed by atoms with Gasteiger partial charge in [-0.25, -0.2) is 0 Å². The summed E-state index contributed by atoms with van der Waals surface area (Å²) < 4.78 is 10.4. The zero-order chi connectivity index (χ0) is 18.6. The lowest BCUT2D eigenvalue weighted by atomic mass is 10.0. The summed E-state index contributed by atoms with van der Waals surface area (Å²) in [5, 5.41) is 6.90. The first kappa shape index (κ1) is 23.7. The maximum absolute atomic E-state index is 12.1. The molecular formula is C19H33IN4O3. The number of nitrogens with one attached hydrogen (secondary N) is 2.